The zero-order chi connectivity index (χ0) is 36.5. The highest BCUT2D eigenvalue weighted by atomic mass is 33.1. The molecule has 0 bridgehead atoms. The van der Waals surface area contributed by atoms with Crippen molar-refractivity contribution < 1.29 is 67.4 Å². The van der Waals surface area contributed by atoms with E-state index in [0.29, 0.717) is 10.1 Å². The molecule has 4 rings (SSSR count). The fourth-order valence-electron chi connectivity index (χ4n) is 4.10. The van der Waals surface area contributed by atoms with Crippen molar-refractivity contribution in [1.82, 2.24) is 10.1 Å². The van der Waals surface area contributed by atoms with Gasteiger partial charge in [0, 0.05) is 47.6 Å². The largest absolute Gasteiger partial charge is 0.461 e. The smallest absolute Gasteiger partial charge is 0.345 e. The van der Waals surface area contributed by atoms with E-state index < -0.39 is 106 Å². The number of hydrogen-bond donors (Lipinski definition) is 0. The van der Waals surface area contributed by atoms with Gasteiger partial charge in [-0.25, -0.2) is 19.2 Å². The van der Waals surface area contributed by atoms with Crippen molar-refractivity contribution in [2.45, 2.75) is 48.3 Å². The highest BCUT2D eigenvalue weighted by molar-refractivity contribution is 8.76. The van der Waals surface area contributed by atoms with Gasteiger partial charge in [0.2, 0.25) is 0 Å². The molecule has 0 radical (unpaired) electrons. The van der Waals surface area contributed by atoms with E-state index in [-0.39, 0.29) is 35.5 Å². The Labute approximate surface area is 286 Å². The Morgan fingerprint density at radius 2 is 0.960 bits per heavy atom. The minimum Gasteiger partial charge on any atom is -0.461 e. The van der Waals surface area contributed by atoms with E-state index in [4.69, 9.17) is 9.47 Å². The van der Waals surface area contributed by atoms with Gasteiger partial charge in [0.15, 0.2) is 0 Å². The number of amides is 4. The van der Waals surface area contributed by atoms with E-state index in [2.05, 4.69) is 9.68 Å². The fourth-order valence-corrected chi connectivity index (χ4v) is 6.07. The average molecular weight is 735 g/mol. The number of nitrogens with zero attached hydrogens (tertiary/aromatic N) is 4. The molecule has 2 fully saturated rings. The highest BCUT2D eigenvalue weighted by Crippen LogP contribution is 2.40. The van der Waals surface area contributed by atoms with Crippen LogP contribution in [0.2, 0.25) is 0 Å². The quantitative estimate of drug-likeness (QED) is 0.0836. The summed E-state index contributed by atoms with van der Waals surface area (Å²) in [5, 5.41) is 23.7. The molecule has 4 amide bonds. The van der Waals surface area contributed by atoms with Gasteiger partial charge in [0.1, 0.15) is 24.3 Å². The van der Waals surface area contributed by atoms with Crippen molar-refractivity contribution >= 4 is 80.5 Å². The van der Waals surface area contributed by atoms with Crippen LogP contribution in [-0.4, -0.2) is 80.7 Å². The molecule has 2 aromatic carbocycles. The number of nitro groups is 2. The maximum Gasteiger partial charge on any atom is 0.345 e. The van der Waals surface area contributed by atoms with Crippen LogP contribution in [0.4, 0.5) is 11.4 Å². The van der Waals surface area contributed by atoms with Crippen LogP contribution in [0.3, 0.4) is 0 Å². The number of esters is 2. The minimum absolute atomic E-state index is 0.120. The first-order valence-electron chi connectivity index (χ1n) is 14.1. The second kappa shape index (κ2) is 16.5. The third-order valence-electron chi connectivity index (χ3n) is 6.48. The van der Waals surface area contributed by atoms with Crippen LogP contribution < -0.4 is 0 Å². The molecule has 262 valence electrons. The second-order valence-electron chi connectivity index (χ2n) is 9.90. The molecule has 22 heteroatoms. The number of hydroxylamine groups is 4. The van der Waals surface area contributed by atoms with E-state index in [9.17, 15) is 58.6 Å². The Hall–Kier alpha value is -5.90. The molecule has 2 heterocycles. The van der Waals surface area contributed by atoms with E-state index in [1.54, 1.807) is 0 Å². The van der Waals surface area contributed by atoms with Gasteiger partial charge in [0.25, 0.3) is 35.0 Å². The van der Waals surface area contributed by atoms with E-state index in [1.165, 1.54) is 12.1 Å². The van der Waals surface area contributed by atoms with E-state index in [0.717, 1.165) is 45.9 Å². The highest BCUT2D eigenvalue weighted by Gasteiger charge is 2.34. The lowest BCUT2D eigenvalue weighted by molar-refractivity contribution is -0.385. The lowest BCUT2D eigenvalue weighted by atomic mass is 10.2. The first-order valence-corrected chi connectivity index (χ1v) is 16.3. The predicted octanol–water partition coefficient (Wildman–Crippen LogP) is 2.61. The molecule has 2 saturated heterocycles. The molecule has 0 aromatic heterocycles. The summed E-state index contributed by atoms with van der Waals surface area (Å²) in [6.07, 6.45) is -1.63. The fraction of sp³-hybridized carbons (Fsp3) is 0.286. The predicted molar refractivity (Wildman–Crippen MR) is 162 cm³/mol. The average Bonchev–Trinajstić information content (AvgIpc) is 3.57. The molecule has 0 unspecified atom stereocenters. The Balaban J connectivity index is 1.35. The summed E-state index contributed by atoms with van der Waals surface area (Å²) in [6, 6.07) is 6.91. The van der Waals surface area contributed by atoms with Crippen LogP contribution in [-0.2, 0) is 47.9 Å². The van der Waals surface area contributed by atoms with Crippen molar-refractivity contribution in [3.8, 4) is 0 Å². The van der Waals surface area contributed by atoms with Gasteiger partial charge < -0.3 is 19.1 Å². The Kier molecular flexibility index (Phi) is 12.2. The van der Waals surface area contributed by atoms with E-state index in [1.807, 2.05) is 0 Å². The van der Waals surface area contributed by atoms with Crippen molar-refractivity contribution in [2.75, 3.05) is 13.2 Å². The van der Waals surface area contributed by atoms with Gasteiger partial charge in [-0.3, -0.25) is 39.4 Å². The van der Waals surface area contributed by atoms with Gasteiger partial charge in [0.05, 0.1) is 22.7 Å². The first-order chi connectivity index (χ1) is 23.7. The number of ether oxygens (including phenoxy) is 2. The van der Waals surface area contributed by atoms with Crippen LogP contribution in [0, 0.1) is 20.2 Å². The normalized spacial score (nSPS) is 14.1. The van der Waals surface area contributed by atoms with Crippen molar-refractivity contribution in [2.24, 2.45) is 0 Å². The zero-order valence-corrected chi connectivity index (χ0v) is 26.9. The SMILES string of the molecule is O=C(CCOC(=O)c1cc(SSc2ccc([N+](=O)[O-])c(C(=O)OCCC(=O)ON3C(=O)CCC3=O)c2)ccc1[N+](=O)[O-])ON1C(=O)CCC1=O. The van der Waals surface area contributed by atoms with Crippen molar-refractivity contribution in [3.63, 3.8) is 0 Å². The number of carbonyl (C=O) groups is 8. The molecule has 0 saturated carbocycles. The molecule has 0 aliphatic carbocycles. The Bertz CT molecular complexity index is 1650. The second-order valence-corrected chi connectivity index (χ2v) is 12.2. The molecule has 2 aliphatic heterocycles. The van der Waals surface area contributed by atoms with Crippen LogP contribution in [0.25, 0.3) is 0 Å². The standard InChI is InChI=1S/C28H22N4O16S2/c33-21-5-6-22(34)29(21)47-25(37)9-11-45-27(39)17-13-15(1-3-19(17)31(41)42)49-50-16-2-4-20(32(43)44)18(14-16)28(40)46-12-10-26(38)48-30-23(35)7-8-24(30)36/h1-4,13-14H,5-12H2. The monoisotopic (exact) mass is 734 g/mol. The molecular formula is C28H22N4O16S2. The third-order valence-corrected chi connectivity index (χ3v) is 8.86. The van der Waals surface area contributed by atoms with Crippen molar-refractivity contribution in [1.29, 1.82) is 0 Å². The van der Waals surface area contributed by atoms with Gasteiger partial charge in [-0.15, -0.1) is 10.1 Å². The van der Waals surface area contributed by atoms with Crippen LogP contribution in [0.15, 0.2) is 46.2 Å². The number of carbonyl (C=O) groups excluding carboxylic acids is 8. The summed E-state index contributed by atoms with van der Waals surface area (Å²) in [7, 11) is 1.89. The van der Waals surface area contributed by atoms with Crippen molar-refractivity contribution in [3.05, 3.63) is 67.8 Å². The molecule has 0 atom stereocenters. The summed E-state index contributed by atoms with van der Waals surface area (Å²) in [4.78, 5) is 127. The summed E-state index contributed by atoms with van der Waals surface area (Å²) >= 11 is 0. The van der Waals surface area contributed by atoms with Crippen LogP contribution >= 0.6 is 21.6 Å². The topological polar surface area (TPSA) is 266 Å². The van der Waals surface area contributed by atoms with Gasteiger partial charge in [-0.2, -0.15) is 0 Å². The number of imide groups is 2. The van der Waals surface area contributed by atoms with Gasteiger partial charge in [-0.1, -0.05) is 21.6 Å². The minimum atomic E-state index is -1.17. The third kappa shape index (κ3) is 9.37. The maximum absolute atomic E-state index is 12.7. The summed E-state index contributed by atoms with van der Waals surface area (Å²) < 4.78 is 9.93. The Morgan fingerprint density at radius 1 is 0.620 bits per heavy atom. The zero-order valence-electron chi connectivity index (χ0n) is 25.3. The number of nitro benzene ring substituents is 2. The molecule has 50 heavy (non-hydrogen) atoms. The molecule has 2 aromatic rings. The Morgan fingerprint density at radius 3 is 1.28 bits per heavy atom. The summed E-state index contributed by atoms with van der Waals surface area (Å²) in [6.45, 7) is -1.20. The van der Waals surface area contributed by atoms with Gasteiger partial charge >= 0.3 is 23.9 Å². The van der Waals surface area contributed by atoms with E-state index >= 15 is 0 Å². The van der Waals surface area contributed by atoms with Gasteiger partial charge in [-0.05, 0) is 24.3 Å². The lowest BCUT2D eigenvalue weighted by Gasteiger charge is -2.12. The van der Waals surface area contributed by atoms with Crippen LogP contribution in [0.5, 0.6) is 0 Å². The summed E-state index contributed by atoms with van der Waals surface area (Å²) in [5.41, 5.74) is -2.21. The molecule has 0 N–H and O–H groups in total. The van der Waals surface area contributed by atoms with Crippen LogP contribution in [0.1, 0.15) is 59.2 Å². The molecule has 20 nitrogen and oxygen atoms in total. The molecular weight excluding hydrogens is 712 g/mol. The number of rotatable bonds is 15. The number of hydrogen-bond acceptors (Lipinski definition) is 18. The number of benzene rings is 2. The molecule has 0 spiro atoms. The maximum atomic E-state index is 12.7. The summed E-state index contributed by atoms with van der Waals surface area (Å²) in [5.74, 6) is -7.29. The molecule has 2 aliphatic rings. The first kappa shape index (κ1) is 36.9. The lowest BCUT2D eigenvalue weighted by Crippen LogP contribution is -2.32.